The molecule has 0 spiro atoms. The maximum absolute atomic E-state index is 12.3. The number of piperidine rings is 1. The largest absolute Gasteiger partial charge is 0.375 e. The summed E-state index contributed by atoms with van der Waals surface area (Å²) in [5, 5.41) is 0. The second-order valence-electron chi connectivity index (χ2n) is 6.65. The van der Waals surface area contributed by atoms with E-state index in [1.807, 2.05) is 17.9 Å². The lowest BCUT2D eigenvalue weighted by molar-refractivity contribution is -0.139. The first-order chi connectivity index (χ1) is 11.9. The van der Waals surface area contributed by atoms with E-state index in [0.717, 1.165) is 37.2 Å². The van der Waals surface area contributed by atoms with Crippen molar-refractivity contribution in [3.8, 4) is 0 Å². The summed E-state index contributed by atoms with van der Waals surface area (Å²) >= 11 is 0. The van der Waals surface area contributed by atoms with Gasteiger partial charge in [0, 0.05) is 39.9 Å². The minimum atomic E-state index is -0.0404. The Morgan fingerprint density at radius 3 is 2.76 bits per heavy atom. The first-order valence-corrected chi connectivity index (χ1v) is 8.75. The van der Waals surface area contributed by atoms with Crippen LogP contribution < -0.4 is 0 Å². The van der Waals surface area contributed by atoms with Crippen LogP contribution in [0, 0.1) is 6.92 Å². The molecule has 0 aromatic carbocycles. The molecule has 1 aliphatic rings. The number of aryl methyl sites for hydroxylation is 2. The van der Waals surface area contributed by atoms with Crippen LogP contribution in [0.1, 0.15) is 48.9 Å². The fourth-order valence-electron chi connectivity index (χ4n) is 3.16. The number of carbonyl (C=O) groups is 2. The number of hydrogen-bond donors (Lipinski definition) is 0. The van der Waals surface area contributed by atoms with Gasteiger partial charge in [0.05, 0.1) is 11.7 Å². The number of rotatable bonds is 6. The standard InChI is InChI=1S/C18H28N4O3/c1-13-19-14(8-9-17(23)21(2)3)11-15(20-13)16-7-5-6-10-22(16)18(24)12-25-4/h11,16H,5-10,12H2,1-4H3. The fourth-order valence-corrected chi connectivity index (χ4v) is 3.16. The lowest BCUT2D eigenvalue weighted by atomic mass is 9.98. The molecular formula is C18H28N4O3. The van der Waals surface area contributed by atoms with Crippen molar-refractivity contribution in [2.45, 2.75) is 45.1 Å². The Labute approximate surface area is 149 Å². The van der Waals surface area contributed by atoms with E-state index in [-0.39, 0.29) is 24.5 Å². The molecule has 2 amide bonds. The summed E-state index contributed by atoms with van der Waals surface area (Å²) in [6.45, 7) is 2.67. The molecule has 25 heavy (non-hydrogen) atoms. The van der Waals surface area contributed by atoms with Gasteiger partial charge in [0.15, 0.2) is 0 Å². The highest BCUT2D eigenvalue weighted by Crippen LogP contribution is 2.30. The Bertz CT molecular complexity index is 618. The van der Waals surface area contributed by atoms with E-state index in [4.69, 9.17) is 4.74 Å². The van der Waals surface area contributed by atoms with E-state index in [1.54, 1.807) is 19.0 Å². The lowest BCUT2D eigenvalue weighted by Gasteiger charge is -2.35. The second-order valence-corrected chi connectivity index (χ2v) is 6.65. The molecule has 7 nitrogen and oxygen atoms in total. The van der Waals surface area contributed by atoms with E-state index in [2.05, 4.69) is 9.97 Å². The highest BCUT2D eigenvalue weighted by molar-refractivity contribution is 5.78. The molecule has 0 bridgehead atoms. The van der Waals surface area contributed by atoms with Gasteiger partial charge in [-0.05, 0) is 38.7 Å². The number of nitrogens with zero attached hydrogens (tertiary/aromatic N) is 4. The average Bonchev–Trinajstić information content (AvgIpc) is 2.59. The molecular weight excluding hydrogens is 320 g/mol. The summed E-state index contributed by atoms with van der Waals surface area (Å²) in [7, 11) is 5.03. The predicted octanol–water partition coefficient (Wildman–Crippen LogP) is 1.51. The van der Waals surface area contributed by atoms with Crippen LogP contribution in [0.4, 0.5) is 0 Å². The molecule has 1 saturated heterocycles. The molecule has 1 fully saturated rings. The van der Waals surface area contributed by atoms with Crippen molar-refractivity contribution in [3.05, 3.63) is 23.3 Å². The van der Waals surface area contributed by atoms with Crippen molar-refractivity contribution >= 4 is 11.8 Å². The van der Waals surface area contributed by atoms with Crippen LogP contribution >= 0.6 is 0 Å². The zero-order valence-electron chi connectivity index (χ0n) is 15.6. The smallest absolute Gasteiger partial charge is 0.249 e. The van der Waals surface area contributed by atoms with Crippen LogP contribution in [0.5, 0.6) is 0 Å². The first-order valence-electron chi connectivity index (χ1n) is 8.75. The number of hydrogen-bond acceptors (Lipinski definition) is 5. The average molecular weight is 348 g/mol. The molecule has 2 heterocycles. The van der Waals surface area contributed by atoms with Crippen molar-refractivity contribution in [2.75, 3.05) is 34.4 Å². The van der Waals surface area contributed by atoms with Gasteiger partial charge in [-0.15, -0.1) is 0 Å². The Kier molecular flexibility index (Phi) is 6.87. The van der Waals surface area contributed by atoms with E-state index < -0.39 is 0 Å². The summed E-state index contributed by atoms with van der Waals surface area (Å²) in [6.07, 6.45) is 3.95. The monoisotopic (exact) mass is 348 g/mol. The third kappa shape index (κ3) is 5.22. The summed E-state index contributed by atoms with van der Waals surface area (Å²) in [4.78, 5) is 36.6. The molecule has 1 atom stereocenters. The molecule has 138 valence electrons. The molecule has 0 N–H and O–H groups in total. The Balaban J connectivity index is 2.18. The second kappa shape index (κ2) is 8.89. The fraction of sp³-hybridized carbons (Fsp3) is 0.667. The summed E-state index contributed by atoms with van der Waals surface area (Å²) < 4.78 is 5.01. The Morgan fingerprint density at radius 1 is 1.32 bits per heavy atom. The van der Waals surface area contributed by atoms with Crippen LogP contribution in [-0.4, -0.2) is 65.9 Å². The molecule has 0 aliphatic carbocycles. The first kappa shape index (κ1) is 19.3. The van der Waals surface area contributed by atoms with E-state index in [0.29, 0.717) is 18.7 Å². The van der Waals surface area contributed by atoms with Gasteiger partial charge in [0.1, 0.15) is 12.4 Å². The molecule has 2 rings (SSSR count). The zero-order chi connectivity index (χ0) is 18.4. The Morgan fingerprint density at radius 2 is 2.08 bits per heavy atom. The van der Waals surface area contributed by atoms with Gasteiger partial charge >= 0.3 is 0 Å². The number of methoxy groups -OCH3 is 1. The van der Waals surface area contributed by atoms with Crippen molar-refractivity contribution in [1.29, 1.82) is 0 Å². The predicted molar refractivity (Wildman–Crippen MR) is 94.0 cm³/mol. The third-order valence-corrected chi connectivity index (χ3v) is 4.44. The van der Waals surface area contributed by atoms with Crippen LogP contribution in [0.3, 0.4) is 0 Å². The quantitative estimate of drug-likeness (QED) is 0.779. The van der Waals surface area contributed by atoms with E-state index in [1.165, 1.54) is 7.11 Å². The van der Waals surface area contributed by atoms with Gasteiger partial charge in [-0.3, -0.25) is 9.59 Å². The van der Waals surface area contributed by atoms with Crippen molar-refractivity contribution < 1.29 is 14.3 Å². The summed E-state index contributed by atoms with van der Waals surface area (Å²) in [5.74, 6) is 0.745. The molecule has 0 radical (unpaired) electrons. The van der Waals surface area contributed by atoms with Crippen LogP contribution in [0.2, 0.25) is 0 Å². The maximum Gasteiger partial charge on any atom is 0.249 e. The highest BCUT2D eigenvalue weighted by atomic mass is 16.5. The molecule has 7 heteroatoms. The van der Waals surface area contributed by atoms with Crippen LogP contribution in [0.25, 0.3) is 0 Å². The Hall–Kier alpha value is -2.02. The molecule has 0 saturated carbocycles. The van der Waals surface area contributed by atoms with Gasteiger partial charge in [0.2, 0.25) is 11.8 Å². The maximum atomic E-state index is 12.3. The van der Waals surface area contributed by atoms with E-state index in [9.17, 15) is 9.59 Å². The molecule has 1 unspecified atom stereocenters. The number of likely N-dealkylation sites (tertiary alicyclic amines) is 1. The van der Waals surface area contributed by atoms with Gasteiger partial charge < -0.3 is 14.5 Å². The SMILES string of the molecule is COCC(=O)N1CCCCC1c1cc(CCC(=O)N(C)C)nc(C)n1. The highest BCUT2D eigenvalue weighted by Gasteiger charge is 2.29. The zero-order valence-corrected chi connectivity index (χ0v) is 15.6. The number of carbonyl (C=O) groups excluding carboxylic acids is 2. The third-order valence-electron chi connectivity index (χ3n) is 4.44. The topological polar surface area (TPSA) is 75.6 Å². The minimum absolute atomic E-state index is 0.00667. The summed E-state index contributed by atoms with van der Waals surface area (Å²) in [6, 6.07) is 1.90. The summed E-state index contributed by atoms with van der Waals surface area (Å²) in [5.41, 5.74) is 1.71. The van der Waals surface area contributed by atoms with Crippen LogP contribution in [-0.2, 0) is 20.7 Å². The molecule has 1 aromatic rings. The number of amides is 2. The molecule has 1 aromatic heterocycles. The van der Waals surface area contributed by atoms with Gasteiger partial charge in [-0.2, -0.15) is 0 Å². The molecule has 1 aliphatic heterocycles. The van der Waals surface area contributed by atoms with Gasteiger partial charge in [-0.25, -0.2) is 9.97 Å². The van der Waals surface area contributed by atoms with Gasteiger partial charge in [0.25, 0.3) is 0 Å². The van der Waals surface area contributed by atoms with Crippen LogP contribution in [0.15, 0.2) is 6.07 Å². The minimum Gasteiger partial charge on any atom is -0.375 e. The number of ether oxygens (including phenoxy) is 1. The van der Waals surface area contributed by atoms with Crippen molar-refractivity contribution in [3.63, 3.8) is 0 Å². The van der Waals surface area contributed by atoms with E-state index >= 15 is 0 Å². The van der Waals surface area contributed by atoms with Gasteiger partial charge in [-0.1, -0.05) is 0 Å². The lowest BCUT2D eigenvalue weighted by Crippen LogP contribution is -2.40. The van der Waals surface area contributed by atoms with Crippen molar-refractivity contribution in [1.82, 2.24) is 19.8 Å². The van der Waals surface area contributed by atoms with Crippen molar-refractivity contribution in [2.24, 2.45) is 0 Å². The number of aromatic nitrogens is 2. The normalized spacial score (nSPS) is 17.4.